The van der Waals surface area contributed by atoms with Gasteiger partial charge in [-0.1, -0.05) is 12.7 Å². The van der Waals surface area contributed by atoms with Gasteiger partial charge in [-0.05, 0) is 19.1 Å². The molecule has 6 nitrogen and oxygen atoms in total. The highest BCUT2D eigenvalue weighted by Crippen LogP contribution is 2.23. The fourth-order valence-electron chi connectivity index (χ4n) is 2.06. The zero-order valence-corrected chi connectivity index (χ0v) is 10.8. The van der Waals surface area contributed by atoms with E-state index in [2.05, 4.69) is 6.58 Å². The summed E-state index contributed by atoms with van der Waals surface area (Å²) in [6.07, 6.45) is 0.666. The van der Waals surface area contributed by atoms with Gasteiger partial charge in [0.1, 0.15) is 24.4 Å². The Balaban J connectivity index is 1.86. The molecular weight excluding hydrogens is 252 g/mol. The molecule has 108 valence electrons. The Hall–Kier alpha value is -0.760. The monoisotopic (exact) mass is 272 g/mol. The molecule has 0 bridgehead atoms. The Labute approximate surface area is 112 Å². The molecule has 0 aromatic carbocycles. The molecule has 0 amide bonds. The summed E-state index contributed by atoms with van der Waals surface area (Å²) >= 11 is 0. The Bertz CT molecular complexity index is 331. The minimum absolute atomic E-state index is 0.209. The molecule has 6 atom stereocenters. The molecule has 6 heteroatoms. The molecule has 0 spiro atoms. The maximum atomic E-state index is 10.1. The fourth-order valence-corrected chi connectivity index (χ4v) is 2.06. The van der Waals surface area contributed by atoms with Gasteiger partial charge in [0.25, 0.3) is 0 Å². The van der Waals surface area contributed by atoms with Crippen LogP contribution in [-0.2, 0) is 18.9 Å². The number of hydrogen-bond acceptors (Lipinski definition) is 6. The van der Waals surface area contributed by atoms with Crippen LogP contribution in [0.2, 0.25) is 0 Å². The summed E-state index contributed by atoms with van der Waals surface area (Å²) in [5.41, 5.74) is 0. The van der Waals surface area contributed by atoms with Crippen molar-refractivity contribution in [2.24, 2.45) is 0 Å². The second-order valence-corrected chi connectivity index (χ2v) is 4.50. The first-order valence-electron chi connectivity index (χ1n) is 6.31. The van der Waals surface area contributed by atoms with Crippen LogP contribution in [-0.4, -0.2) is 60.4 Å². The summed E-state index contributed by atoms with van der Waals surface area (Å²) in [5.74, 6) is 0. The number of hydrogen-bond donors (Lipinski definition) is 2. The van der Waals surface area contributed by atoms with E-state index in [1.807, 2.05) is 6.92 Å². The van der Waals surface area contributed by atoms with Crippen LogP contribution in [0.4, 0.5) is 0 Å². The van der Waals surface area contributed by atoms with E-state index in [-0.39, 0.29) is 13.2 Å². The molecule has 2 saturated heterocycles. The molecule has 0 radical (unpaired) electrons. The van der Waals surface area contributed by atoms with E-state index in [9.17, 15) is 10.2 Å². The maximum Gasteiger partial charge on any atom is 0.177 e. The molecule has 0 saturated carbocycles. The second kappa shape index (κ2) is 6.60. The molecule has 2 aliphatic heterocycles. The van der Waals surface area contributed by atoms with E-state index < -0.39 is 37.0 Å². The highest BCUT2D eigenvalue weighted by Gasteiger charge is 2.40. The van der Waals surface area contributed by atoms with Crippen molar-refractivity contribution in [3.05, 3.63) is 24.8 Å². The third-order valence-electron chi connectivity index (χ3n) is 3.12. The third-order valence-corrected chi connectivity index (χ3v) is 3.12. The van der Waals surface area contributed by atoms with Crippen molar-refractivity contribution in [3.63, 3.8) is 0 Å². The van der Waals surface area contributed by atoms with Gasteiger partial charge >= 0.3 is 0 Å². The zero-order chi connectivity index (χ0) is 13.8. The largest absolute Gasteiger partial charge is 0.387 e. The van der Waals surface area contributed by atoms with E-state index in [0.717, 1.165) is 0 Å². The number of ether oxygens (including phenoxy) is 4. The van der Waals surface area contributed by atoms with Gasteiger partial charge in [0.2, 0.25) is 0 Å². The Kier molecular flexibility index (Phi) is 5.09. The van der Waals surface area contributed by atoms with Crippen molar-refractivity contribution in [2.45, 2.75) is 43.9 Å². The highest BCUT2D eigenvalue weighted by molar-refractivity contribution is 4.91. The van der Waals surface area contributed by atoms with E-state index >= 15 is 0 Å². The predicted octanol–water partition coefficient (Wildman–Crippen LogP) is -0.0467. The van der Waals surface area contributed by atoms with Crippen molar-refractivity contribution < 1.29 is 29.2 Å². The third kappa shape index (κ3) is 3.42. The van der Waals surface area contributed by atoms with Crippen molar-refractivity contribution in [3.8, 4) is 0 Å². The molecule has 0 aromatic rings. The number of allylic oxidation sites excluding steroid dienone is 1. The molecule has 2 fully saturated rings. The Morgan fingerprint density at radius 1 is 1.05 bits per heavy atom. The lowest BCUT2D eigenvalue weighted by atomic mass is 10.0. The minimum Gasteiger partial charge on any atom is -0.387 e. The van der Waals surface area contributed by atoms with Gasteiger partial charge in [-0.2, -0.15) is 0 Å². The smallest absolute Gasteiger partial charge is 0.177 e. The van der Waals surface area contributed by atoms with Crippen LogP contribution < -0.4 is 0 Å². The number of rotatable bonds is 5. The van der Waals surface area contributed by atoms with Gasteiger partial charge in [-0.15, -0.1) is 0 Å². The van der Waals surface area contributed by atoms with Crippen LogP contribution in [0.15, 0.2) is 24.8 Å². The van der Waals surface area contributed by atoms with E-state index in [1.54, 1.807) is 12.2 Å². The summed E-state index contributed by atoms with van der Waals surface area (Å²) in [7, 11) is 0. The normalized spacial score (nSPS) is 38.7. The van der Waals surface area contributed by atoms with Gasteiger partial charge < -0.3 is 29.2 Å². The standard InChI is InChI=1S/C13H20O6/c1-3-5-11-17-7-9(19-11)13(15)12(14)8-6-16-10(4-2)18-8/h3-5,8-15H,2,6-7H2,1H3. The molecule has 19 heavy (non-hydrogen) atoms. The Morgan fingerprint density at radius 2 is 1.58 bits per heavy atom. The average Bonchev–Trinajstić information content (AvgIpc) is 3.06. The van der Waals surface area contributed by atoms with Gasteiger partial charge in [0, 0.05) is 0 Å². The van der Waals surface area contributed by atoms with Crippen molar-refractivity contribution in [2.75, 3.05) is 13.2 Å². The van der Waals surface area contributed by atoms with Gasteiger partial charge in [0.05, 0.1) is 13.2 Å². The van der Waals surface area contributed by atoms with Crippen LogP contribution in [0.5, 0.6) is 0 Å². The van der Waals surface area contributed by atoms with Gasteiger partial charge in [0.15, 0.2) is 12.6 Å². The summed E-state index contributed by atoms with van der Waals surface area (Å²) in [6.45, 7) is 5.83. The topological polar surface area (TPSA) is 77.4 Å². The maximum absolute atomic E-state index is 10.1. The quantitative estimate of drug-likeness (QED) is 0.684. The van der Waals surface area contributed by atoms with Gasteiger partial charge in [-0.25, -0.2) is 0 Å². The van der Waals surface area contributed by atoms with Crippen LogP contribution in [0.1, 0.15) is 6.92 Å². The summed E-state index contributed by atoms with van der Waals surface area (Å²) in [6, 6.07) is 0. The lowest BCUT2D eigenvalue weighted by molar-refractivity contribution is -0.126. The SMILES string of the molecule is C=CC1OCC(C(O)C(O)C2COC(C=CC)O2)O1. The summed E-state index contributed by atoms with van der Waals surface area (Å²) in [5, 5.41) is 20.1. The first-order valence-corrected chi connectivity index (χ1v) is 6.31. The fraction of sp³-hybridized carbons (Fsp3) is 0.692. The molecule has 2 heterocycles. The molecular formula is C13H20O6. The predicted molar refractivity (Wildman–Crippen MR) is 66.3 cm³/mol. The molecule has 2 rings (SSSR count). The molecule has 0 aromatic heterocycles. The summed E-state index contributed by atoms with van der Waals surface area (Å²) < 4.78 is 21.4. The first kappa shape index (κ1) is 14.6. The number of aliphatic hydroxyl groups excluding tert-OH is 2. The molecule has 0 aliphatic carbocycles. The van der Waals surface area contributed by atoms with Gasteiger partial charge in [-0.3, -0.25) is 0 Å². The minimum atomic E-state index is -1.09. The molecule has 2 aliphatic rings. The lowest BCUT2D eigenvalue weighted by Crippen LogP contribution is -2.46. The van der Waals surface area contributed by atoms with E-state index in [1.165, 1.54) is 6.08 Å². The van der Waals surface area contributed by atoms with Crippen LogP contribution >= 0.6 is 0 Å². The van der Waals surface area contributed by atoms with Crippen LogP contribution in [0.3, 0.4) is 0 Å². The average molecular weight is 272 g/mol. The zero-order valence-electron chi connectivity index (χ0n) is 10.8. The van der Waals surface area contributed by atoms with Crippen LogP contribution in [0, 0.1) is 0 Å². The Morgan fingerprint density at radius 3 is 2.05 bits per heavy atom. The highest BCUT2D eigenvalue weighted by atomic mass is 16.7. The van der Waals surface area contributed by atoms with Crippen molar-refractivity contribution in [1.82, 2.24) is 0 Å². The lowest BCUT2D eigenvalue weighted by Gasteiger charge is -2.25. The second-order valence-electron chi connectivity index (χ2n) is 4.50. The molecule has 6 unspecified atom stereocenters. The van der Waals surface area contributed by atoms with Crippen molar-refractivity contribution in [1.29, 1.82) is 0 Å². The van der Waals surface area contributed by atoms with Crippen LogP contribution in [0.25, 0.3) is 0 Å². The van der Waals surface area contributed by atoms with Crippen molar-refractivity contribution >= 4 is 0 Å². The first-order chi connectivity index (χ1) is 9.15. The number of aliphatic hydroxyl groups is 2. The van der Waals surface area contributed by atoms with E-state index in [4.69, 9.17) is 18.9 Å². The summed E-state index contributed by atoms with van der Waals surface area (Å²) in [4.78, 5) is 0. The van der Waals surface area contributed by atoms with E-state index in [0.29, 0.717) is 0 Å². The molecule has 2 N–H and O–H groups in total.